The SMILES string of the molecule is COc1ccc(S(=O)(=O)Nc2cc(Cl)ccc2Cn2ccnn2)cc1. The Morgan fingerprint density at radius 3 is 2.60 bits per heavy atom. The van der Waals surface area contributed by atoms with Crippen molar-refractivity contribution < 1.29 is 13.2 Å². The Bertz CT molecular complexity index is 958. The van der Waals surface area contributed by atoms with E-state index < -0.39 is 10.0 Å². The lowest BCUT2D eigenvalue weighted by molar-refractivity contribution is 0.414. The number of rotatable bonds is 6. The van der Waals surface area contributed by atoms with Crippen molar-refractivity contribution >= 4 is 27.3 Å². The van der Waals surface area contributed by atoms with Crippen molar-refractivity contribution in [1.29, 1.82) is 0 Å². The molecule has 0 radical (unpaired) electrons. The van der Waals surface area contributed by atoms with E-state index in [1.165, 1.54) is 19.2 Å². The first-order valence-electron chi connectivity index (χ1n) is 7.27. The molecule has 0 aliphatic carbocycles. The predicted octanol–water partition coefficient (Wildman–Crippen LogP) is 2.79. The van der Waals surface area contributed by atoms with Crippen LogP contribution in [0, 0.1) is 0 Å². The van der Waals surface area contributed by atoms with Gasteiger partial charge in [-0.3, -0.25) is 4.72 Å². The van der Waals surface area contributed by atoms with Crippen LogP contribution in [0.1, 0.15) is 5.56 Å². The standard InChI is InChI=1S/C16H15ClN4O3S/c1-24-14-4-6-15(7-5-14)25(22,23)19-16-10-13(17)3-2-12(16)11-21-9-8-18-20-21/h2-10,19H,11H2,1H3. The number of aromatic nitrogens is 3. The van der Waals surface area contributed by atoms with Crippen LogP contribution in [-0.4, -0.2) is 30.5 Å². The monoisotopic (exact) mass is 378 g/mol. The second-order valence-corrected chi connectivity index (χ2v) is 7.30. The van der Waals surface area contributed by atoms with Crippen LogP contribution in [0.15, 0.2) is 59.8 Å². The summed E-state index contributed by atoms with van der Waals surface area (Å²) in [4.78, 5) is 0.125. The average molecular weight is 379 g/mol. The molecule has 0 spiro atoms. The predicted molar refractivity (Wildman–Crippen MR) is 94.4 cm³/mol. The Morgan fingerprint density at radius 1 is 1.20 bits per heavy atom. The number of nitrogens with one attached hydrogen (secondary N) is 1. The molecule has 0 aliphatic rings. The van der Waals surface area contributed by atoms with Crippen molar-refractivity contribution in [1.82, 2.24) is 15.0 Å². The van der Waals surface area contributed by atoms with Crippen LogP contribution in [-0.2, 0) is 16.6 Å². The van der Waals surface area contributed by atoms with Gasteiger partial charge in [0.1, 0.15) is 5.75 Å². The number of benzene rings is 2. The lowest BCUT2D eigenvalue weighted by atomic mass is 10.2. The maximum Gasteiger partial charge on any atom is 0.261 e. The summed E-state index contributed by atoms with van der Waals surface area (Å²) in [5.74, 6) is 0.577. The number of nitrogens with zero attached hydrogens (tertiary/aromatic N) is 3. The quantitative estimate of drug-likeness (QED) is 0.712. The lowest BCUT2D eigenvalue weighted by Crippen LogP contribution is -2.15. The minimum absolute atomic E-state index is 0.125. The molecule has 0 saturated carbocycles. The van der Waals surface area contributed by atoms with E-state index in [2.05, 4.69) is 15.0 Å². The van der Waals surface area contributed by atoms with E-state index in [1.807, 2.05) is 0 Å². The Labute approximate surface area is 150 Å². The third-order valence-corrected chi connectivity index (χ3v) is 5.11. The Kier molecular flexibility index (Phi) is 4.91. The molecule has 0 amide bonds. The number of hydrogen-bond donors (Lipinski definition) is 1. The topological polar surface area (TPSA) is 86.1 Å². The third kappa shape index (κ3) is 4.09. The number of methoxy groups -OCH3 is 1. The van der Waals surface area contributed by atoms with Crippen molar-refractivity contribution in [2.24, 2.45) is 0 Å². The number of hydrogen-bond acceptors (Lipinski definition) is 5. The lowest BCUT2D eigenvalue weighted by Gasteiger charge is -2.13. The van der Waals surface area contributed by atoms with Crippen LogP contribution in [0.5, 0.6) is 5.75 Å². The number of sulfonamides is 1. The second kappa shape index (κ2) is 7.12. The molecule has 3 aromatic rings. The minimum Gasteiger partial charge on any atom is -0.497 e. The van der Waals surface area contributed by atoms with Gasteiger partial charge in [0, 0.05) is 11.2 Å². The van der Waals surface area contributed by atoms with Crippen LogP contribution in [0.25, 0.3) is 0 Å². The molecule has 0 atom stereocenters. The van der Waals surface area contributed by atoms with Crippen LogP contribution in [0.2, 0.25) is 5.02 Å². The summed E-state index contributed by atoms with van der Waals surface area (Å²) >= 11 is 6.03. The normalized spacial score (nSPS) is 11.3. The van der Waals surface area contributed by atoms with Gasteiger partial charge in [-0.2, -0.15) is 0 Å². The highest BCUT2D eigenvalue weighted by atomic mass is 35.5. The Hall–Kier alpha value is -2.58. The van der Waals surface area contributed by atoms with Crippen molar-refractivity contribution in [3.8, 4) is 5.75 Å². The molecule has 1 heterocycles. The summed E-state index contributed by atoms with van der Waals surface area (Å²) < 4.78 is 34.5. The molecule has 0 unspecified atom stereocenters. The van der Waals surface area contributed by atoms with E-state index in [-0.39, 0.29) is 4.90 Å². The first-order chi connectivity index (χ1) is 12.0. The molecule has 0 aliphatic heterocycles. The molecule has 0 fully saturated rings. The summed E-state index contributed by atoms with van der Waals surface area (Å²) in [7, 11) is -2.25. The number of ether oxygens (including phenoxy) is 1. The molecule has 9 heteroatoms. The molecule has 130 valence electrons. The first kappa shape index (κ1) is 17.2. The van der Waals surface area contributed by atoms with Gasteiger partial charge in [-0.1, -0.05) is 22.9 Å². The van der Waals surface area contributed by atoms with Crippen LogP contribution in [0.4, 0.5) is 5.69 Å². The zero-order chi connectivity index (χ0) is 17.9. The van der Waals surface area contributed by atoms with Gasteiger partial charge in [-0.25, -0.2) is 13.1 Å². The molecular weight excluding hydrogens is 364 g/mol. The molecule has 2 aromatic carbocycles. The molecule has 1 N–H and O–H groups in total. The third-order valence-electron chi connectivity index (χ3n) is 3.49. The van der Waals surface area contributed by atoms with Crippen LogP contribution >= 0.6 is 11.6 Å². The fraction of sp³-hybridized carbons (Fsp3) is 0.125. The van der Waals surface area contributed by atoms with Crippen molar-refractivity contribution in [3.63, 3.8) is 0 Å². The van der Waals surface area contributed by atoms with E-state index in [9.17, 15) is 8.42 Å². The largest absolute Gasteiger partial charge is 0.497 e. The fourth-order valence-electron chi connectivity index (χ4n) is 2.23. The van der Waals surface area contributed by atoms with Crippen molar-refractivity contribution in [3.05, 3.63) is 65.4 Å². The zero-order valence-corrected chi connectivity index (χ0v) is 14.8. The molecular formula is C16H15ClN4O3S. The van der Waals surface area contributed by atoms with Crippen LogP contribution < -0.4 is 9.46 Å². The van der Waals surface area contributed by atoms with E-state index in [4.69, 9.17) is 16.3 Å². The molecule has 0 saturated heterocycles. The van der Waals surface area contributed by atoms with Gasteiger partial charge in [0.05, 0.1) is 30.4 Å². The average Bonchev–Trinajstić information content (AvgIpc) is 3.10. The highest BCUT2D eigenvalue weighted by Crippen LogP contribution is 2.25. The van der Waals surface area contributed by atoms with Crippen molar-refractivity contribution in [2.45, 2.75) is 11.4 Å². The van der Waals surface area contributed by atoms with Gasteiger partial charge >= 0.3 is 0 Å². The Balaban J connectivity index is 1.91. The number of halogens is 1. The van der Waals surface area contributed by atoms with Gasteiger partial charge in [-0.15, -0.1) is 5.10 Å². The zero-order valence-electron chi connectivity index (χ0n) is 13.3. The summed E-state index contributed by atoms with van der Waals surface area (Å²) in [5.41, 5.74) is 1.10. The maximum absolute atomic E-state index is 12.6. The maximum atomic E-state index is 12.6. The van der Waals surface area contributed by atoms with E-state index in [0.717, 1.165) is 0 Å². The van der Waals surface area contributed by atoms with Gasteiger partial charge in [0.2, 0.25) is 0 Å². The smallest absolute Gasteiger partial charge is 0.261 e. The number of anilines is 1. The highest BCUT2D eigenvalue weighted by Gasteiger charge is 2.17. The minimum atomic E-state index is -3.77. The highest BCUT2D eigenvalue weighted by molar-refractivity contribution is 7.92. The molecule has 25 heavy (non-hydrogen) atoms. The van der Waals surface area contributed by atoms with Gasteiger partial charge < -0.3 is 4.74 Å². The fourth-order valence-corrected chi connectivity index (χ4v) is 3.50. The molecule has 7 nitrogen and oxygen atoms in total. The first-order valence-corrected chi connectivity index (χ1v) is 9.13. The Morgan fingerprint density at radius 2 is 1.96 bits per heavy atom. The summed E-state index contributed by atoms with van der Waals surface area (Å²) in [5, 5.41) is 8.06. The summed E-state index contributed by atoms with van der Waals surface area (Å²) in [6.07, 6.45) is 3.24. The molecule has 3 rings (SSSR count). The summed E-state index contributed by atoms with van der Waals surface area (Å²) in [6, 6.07) is 11.1. The van der Waals surface area contributed by atoms with Crippen LogP contribution in [0.3, 0.4) is 0 Å². The van der Waals surface area contributed by atoms with Gasteiger partial charge in [-0.05, 0) is 42.0 Å². The van der Waals surface area contributed by atoms with E-state index in [1.54, 1.807) is 47.4 Å². The van der Waals surface area contributed by atoms with Gasteiger partial charge in [0.25, 0.3) is 10.0 Å². The molecule has 0 bridgehead atoms. The van der Waals surface area contributed by atoms with Crippen molar-refractivity contribution in [2.75, 3.05) is 11.8 Å². The van der Waals surface area contributed by atoms with E-state index in [0.29, 0.717) is 28.6 Å². The van der Waals surface area contributed by atoms with E-state index >= 15 is 0 Å². The molecule has 1 aromatic heterocycles. The second-order valence-electron chi connectivity index (χ2n) is 5.18. The van der Waals surface area contributed by atoms with Gasteiger partial charge in [0.15, 0.2) is 0 Å². The summed E-state index contributed by atoms with van der Waals surface area (Å²) in [6.45, 7) is 0.359.